The van der Waals surface area contributed by atoms with E-state index in [1.165, 1.54) is 25.7 Å². The summed E-state index contributed by atoms with van der Waals surface area (Å²) in [5, 5.41) is 9.59. The smallest absolute Gasteiger partial charge is 0.362 e. The van der Waals surface area contributed by atoms with Crippen LogP contribution < -0.4 is 0 Å². The number of quaternary nitrogens is 1. The molecule has 0 aliphatic carbocycles. The molecule has 0 amide bonds. The van der Waals surface area contributed by atoms with E-state index in [0.29, 0.717) is 19.3 Å². The SMILES string of the molecule is CC/C=C/C/C=C/C/C=C/C/C=C/C/C=C/C/C=C/C/C=C/CCCC(=O)OC(COCCC(C(=O)O)[N+](C)(C)C)COC(=O)CCC/C=C/CCCCCC. The highest BCUT2D eigenvalue weighted by Gasteiger charge is 2.31. The van der Waals surface area contributed by atoms with Crippen molar-refractivity contribution in [3.05, 3.63) is 97.2 Å². The van der Waals surface area contributed by atoms with Crippen LogP contribution in [0, 0.1) is 0 Å². The van der Waals surface area contributed by atoms with Crippen molar-refractivity contribution in [2.24, 2.45) is 0 Å². The van der Waals surface area contributed by atoms with Gasteiger partial charge in [-0.15, -0.1) is 0 Å². The van der Waals surface area contributed by atoms with Crippen molar-refractivity contribution in [2.45, 2.75) is 148 Å². The average Bonchev–Trinajstić information content (AvgIpc) is 3.15. The van der Waals surface area contributed by atoms with Gasteiger partial charge in [0.1, 0.15) is 6.61 Å². The summed E-state index contributed by atoms with van der Waals surface area (Å²) in [5.74, 6) is -1.61. The van der Waals surface area contributed by atoms with E-state index in [9.17, 15) is 19.5 Å². The lowest BCUT2D eigenvalue weighted by Crippen LogP contribution is -2.50. The van der Waals surface area contributed by atoms with Gasteiger partial charge in [0.15, 0.2) is 12.1 Å². The lowest BCUT2D eigenvalue weighted by molar-refractivity contribution is -0.887. The van der Waals surface area contributed by atoms with Gasteiger partial charge in [-0.05, 0) is 83.5 Å². The highest BCUT2D eigenvalue weighted by molar-refractivity contribution is 5.72. The van der Waals surface area contributed by atoms with Crippen LogP contribution in [0.5, 0.6) is 0 Å². The summed E-state index contributed by atoms with van der Waals surface area (Å²) in [6.07, 6.45) is 50.5. The molecule has 0 radical (unpaired) electrons. The maximum Gasteiger partial charge on any atom is 0.362 e. The van der Waals surface area contributed by atoms with Gasteiger partial charge in [-0.2, -0.15) is 0 Å². The van der Waals surface area contributed by atoms with Crippen LogP contribution in [0.15, 0.2) is 97.2 Å². The second kappa shape index (κ2) is 38.1. The quantitative estimate of drug-likeness (QED) is 0.0292. The first-order valence-electron chi connectivity index (χ1n) is 21.3. The van der Waals surface area contributed by atoms with Crippen molar-refractivity contribution in [3.63, 3.8) is 0 Å². The molecule has 0 aliphatic heterocycles. The summed E-state index contributed by atoms with van der Waals surface area (Å²) in [4.78, 5) is 36.8. The minimum Gasteiger partial charge on any atom is -0.477 e. The summed E-state index contributed by atoms with van der Waals surface area (Å²) >= 11 is 0. The monoisotopic (exact) mass is 781 g/mol. The first-order chi connectivity index (χ1) is 27.1. The third-order valence-electron chi connectivity index (χ3n) is 8.72. The Kier molecular flexibility index (Phi) is 35.6. The van der Waals surface area contributed by atoms with E-state index < -0.39 is 18.1 Å². The van der Waals surface area contributed by atoms with Crippen molar-refractivity contribution in [3.8, 4) is 0 Å². The predicted molar refractivity (Wildman–Crippen MR) is 233 cm³/mol. The molecular formula is C48H78NO7+. The van der Waals surface area contributed by atoms with Gasteiger partial charge < -0.3 is 23.8 Å². The Hall–Kier alpha value is -3.75. The Morgan fingerprint density at radius 3 is 1.46 bits per heavy atom. The number of ether oxygens (including phenoxy) is 3. The van der Waals surface area contributed by atoms with Crippen LogP contribution in [-0.4, -0.2) is 80.6 Å². The number of likely N-dealkylation sites (N-methyl/N-ethyl adjacent to an activating group) is 1. The van der Waals surface area contributed by atoms with E-state index >= 15 is 0 Å². The molecule has 8 heteroatoms. The lowest BCUT2D eigenvalue weighted by atomic mass is 10.1. The standard InChI is InChI=1S/C48H77NO7/c1-6-8-10-12-14-16-17-18-19-20-21-22-23-24-25-26-27-28-29-31-33-35-37-39-47(51)56-44(42-54-41-40-45(48(52)53)49(3,4)5)43-55-46(50)38-36-34-32-30-15-13-11-9-7-2/h8,10,14,16,18-19,21-22,24-25,27-28,30-33,44-45H,6-7,9,11-13,15,17,20,23,26,29,34-43H2,1-5H3/p+1/b10-8+,16-14+,19-18+,22-21+,25-24+,28-27+,32-30+,33-31+. The van der Waals surface area contributed by atoms with Gasteiger partial charge in [-0.1, -0.05) is 130 Å². The van der Waals surface area contributed by atoms with Gasteiger partial charge in [0.05, 0.1) is 34.4 Å². The Morgan fingerprint density at radius 2 is 1.00 bits per heavy atom. The molecule has 0 heterocycles. The predicted octanol–water partition coefficient (Wildman–Crippen LogP) is 11.5. The number of aliphatic carboxylic acids is 1. The maximum atomic E-state index is 12.7. The molecule has 1 N–H and O–H groups in total. The molecule has 0 spiro atoms. The molecule has 0 bridgehead atoms. The number of hydrogen-bond acceptors (Lipinski definition) is 6. The van der Waals surface area contributed by atoms with Crippen LogP contribution in [0.4, 0.5) is 0 Å². The van der Waals surface area contributed by atoms with Gasteiger partial charge >= 0.3 is 17.9 Å². The number of carboxylic acids is 1. The Morgan fingerprint density at radius 1 is 0.554 bits per heavy atom. The van der Waals surface area contributed by atoms with Crippen molar-refractivity contribution in [2.75, 3.05) is 41.0 Å². The second-order valence-electron chi connectivity index (χ2n) is 14.9. The summed E-state index contributed by atoms with van der Waals surface area (Å²) in [7, 11) is 5.48. The molecule has 0 saturated heterocycles. The molecule has 0 aromatic carbocycles. The van der Waals surface area contributed by atoms with E-state index in [4.69, 9.17) is 14.2 Å². The lowest BCUT2D eigenvalue weighted by Gasteiger charge is -2.31. The summed E-state index contributed by atoms with van der Waals surface area (Å²) in [5.41, 5.74) is 0. The van der Waals surface area contributed by atoms with Gasteiger partial charge in [-0.25, -0.2) is 4.79 Å². The largest absolute Gasteiger partial charge is 0.477 e. The molecule has 8 nitrogen and oxygen atoms in total. The van der Waals surface area contributed by atoms with Crippen LogP contribution in [0.3, 0.4) is 0 Å². The van der Waals surface area contributed by atoms with Crippen LogP contribution in [0.2, 0.25) is 0 Å². The van der Waals surface area contributed by atoms with Crippen molar-refractivity contribution in [1.29, 1.82) is 0 Å². The zero-order valence-electron chi connectivity index (χ0n) is 35.8. The highest BCUT2D eigenvalue weighted by Crippen LogP contribution is 2.11. The van der Waals surface area contributed by atoms with Crippen molar-refractivity contribution < 1.29 is 38.2 Å². The number of unbranched alkanes of at least 4 members (excludes halogenated alkanes) is 6. The van der Waals surface area contributed by atoms with Crippen LogP contribution in [0.25, 0.3) is 0 Å². The third kappa shape index (κ3) is 35.9. The number of hydrogen-bond donors (Lipinski definition) is 1. The molecular weight excluding hydrogens is 703 g/mol. The van der Waals surface area contributed by atoms with Crippen LogP contribution in [-0.2, 0) is 28.6 Å². The molecule has 2 unspecified atom stereocenters. The summed E-state index contributed by atoms with van der Waals surface area (Å²) in [6, 6.07) is -0.633. The van der Waals surface area contributed by atoms with E-state index in [1.807, 2.05) is 21.1 Å². The van der Waals surface area contributed by atoms with Crippen LogP contribution in [0.1, 0.15) is 136 Å². The Labute approximate surface area is 341 Å². The fraction of sp³-hybridized carbons (Fsp3) is 0.604. The molecule has 0 fully saturated rings. The van der Waals surface area contributed by atoms with E-state index in [1.54, 1.807) is 0 Å². The fourth-order valence-corrected chi connectivity index (χ4v) is 5.43. The number of carboxylic acid groups (broad SMARTS) is 1. The number of carbonyl (C=O) groups is 3. The van der Waals surface area contributed by atoms with Crippen molar-refractivity contribution >= 4 is 17.9 Å². The Bertz CT molecular complexity index is 1230. The number of rotatable bonds is 36. The van der Waals surface area contributed by atoms with E-state index in [-0.39, 0.29) is 49.1 Å². The molecule has 0 rings (SSSR count). The maximum absolute atomic E-state index is 12.7. The minimum atomic E-state index is -0.893. The average molecular weight is 781 g/mol. The first kappa shape index (κ1) is 52.2. The van der Waals surface area contributed by atoms with Gasteiger partial charge in [0.25, 0.3) is 0 Å². The topological polar surface area (TPSA) is 99.1 Å². The highest BCUT2D eigenvalue weighted by atomic mass is 16.6. The first-order valence-corrected chi connectivity index (χ1v) is 21.3. The van der Waals surface area contributed by atoms with Gasteiger partial charge in [-0.3, -0.25) is 9.59 Å². The molecule has 0 aromatic rings. The number of allylic oxidation sites excluding steroid dienone is 16. The fourth-order valence-electron chi connectivity index (χ4n) is 5.43. The van der Waals surface area contributed by atoms with Crippen LogP contribution >= 0.6 is 0 Å². The van der Waals surface area contributed by atoms with E-state index in [2.05, 4.69) is 111 Å². The molecule has 0 aliphatic rings. The minimum absolute atomic E-state index is 0.0229. The van der Waals surface area contributed by atoms with Gasteiger partial charge in [0.2, 0.25) is 0 Å². The number of carbonyl (C=O) groups excluding carboxylic acids is 2. The molecule has 0 aromatic heterocycles. The van der Waals surface area contributed by atoms with Crippen molar-refractivity contribution in [1.82, 2.24) is 0 Å². The Balaban J connectivity index is 4.46. The normalized spacial score (nSPS) is 13.9. The van der Waals surface area contributed by atoms with E-state index in [0.717, 1.165) is 64.2 Å². The molecule has 316 valence electrons. The number of nitrogens with zero attached hydrogens (tertiary/aromatic N) is 1. The third-order valence-corrected chi connectivity index (χ3v) is 8.72. The molecule has 56 heavy (non-hydrogen) atoms. The summed E-state index contributed by atoms with van der Waals surface area (Å²) in [6.45, 7) is 4.46. The molecule has 0 saturated carbocycles. The zero-order chi connectivity index (χ0) is 41.4. The second-order valence-corrected chi connectivity index (χ2v) is 14.9. The number of esters is 2. The zero-order valence-corrected chi connectivity index (χ0v) is 35.8. The summed E-state index contributed by atoms with van der Waals surface area (Å²) < 4.78 is 17.1. The van der Waals surface area contributed by atoms with Gasteiger partial charge in [0, 0.05) is 19.3 Å². The molecule has 2 atom stereocenters.